The highest BCUT2D eigenvalue weighted by Gasteiger charge is 2.23. The van der Waals surface area contributed by atoms with Gasteiger partial charge in [-0.3, -0.25) is 9.59 Å². The van der Waals surface area contributed by atoms with Gasteiger partial charge in [0.1, 0.15) is 10.7 Å². The average molecular weight is 416 g/mol. The lowest BCUT2D eigenvalue weighted by molar-refractivity contribution is -0.121. The Morgan fingerprint density at radius 1 is 1.36 bits per heavy atom. The molecule has 2 heterocycles. The number of carbonyl (C=O) groups is 1. The summed E-state index contributed by atoms with van der Waals surface area (Å²) in [4.78, 5) is 34.4. The lowest BCUT2D eigenvalue weighted by atomic mass is 9.89. The molecule has 3 aromatic rings. The Morgan fingerprint density at radius 3 is 2.93 bits per heavy atom. The number of aromatic amines is 1. The topological polar surface area (TPSA) is 74.8 Å². The highest BCUT2D eigenvalue weighted by atomic mass is 35.5. The minimum atomic E-state index is -0.0753. The average Bonchev–Trinajstić information content (AvgIpc) is 3.03. The van der Waals surface area contributed by atoms with Crippen molar-refractivity contribution in [2.24, 2.45) is 5.92 Å². The van der Waals surface area contributed by atoms with Crippen molar-refractivity contribution in [2.45, 2.75) is 45.6 Å². The quantitative estimate of drug-likeness (QED) is 0.661. The van der Waals surface area contributed by atoms with E-state index >= 15 is 0 Å². The number of aromatic nitrogens is 2. The van der Waals surface area contributed by atoms with Crippen molar-refractivity contribution in [1.29, 1.82) is 0 Å². The molecule has 1 aromatic carbocycles. The molecule has 1 amide bonds. The smallest absolute Gasteiger partial charge is 0.259 e. The van der Waals surface area contributed by atoms with Crippen LogP contribution in [0.25, 0.3) is 10.2 Å². The summed E-state index contributed by atoms with van der Waals surface area (Å²) >= 11 is 7.50. The predicted octanol–water partition coefficient (Wildman–Crippen LogP) is 4.01. The molecule has 0 saturated heterocycles. The van der Waals surface area contributed by atoms with Crippen molar-refractivity contribution < 1.29 is 4.79 Å². The molecular weight excluding hydrogens is 394 g/mol. The summed E-state index contributed by atoms with van der Waals surface area (Å²) in [6.45, 7) is 2.70. The second-order valence-corrected chi connectivity index (χ2v) is 8.97. The van der Waals surface area contributed by atoms with Gasteiger partial charge in [-0.05, 0) is 48.4 Å². The number of nitrogens with one attached hydrogen (secondary N) is 2. The van der Waals surface area contributed by atoms with Crippen molar-refractivity contribution in [1.82, 2.24) is 15.3 Å². The second-order valence-electron chi connectivity index (χ2n) is 7.45. The fourth-order valence-corrected chi connectivity index (χ4v) is 5.16. The normalized spacial score (nSPS) is 16.1. The maximum absolute atomic E-state index is 12.6. The number of hydrogen-bond donors (Lipinski definition) is 2. The van der Waals surface area contributed by atoms with Crippen LogP contribution in [0.2, 0.25) is 5.02 Å². The first kappa shape index (κ1) is 19.2. The first-order chi connectivity index (χ1) is 13.5. The maximum atomic E-state index is 12.6. The van der Waals surface area contributed by atoms with Crippen LogP contribution in [-0.2, 0) is 30.6 Å². The first-order valence-electron chi connectivity index (χ1n) is 9.54. The fourth-order valence-electron chi connectivity index (χ4n) is 3.63. The van der Waals surface area contributed by atoms with Crippen molar-refractivity contribution >= 4 is 39.1 Å². The van der Waals surface area contributed by atoms with E-state index in [1.54, 1.807) is 23.5 Å². The zero-order valence-electron chi connectivity index (χ0n) is 15.7. The van der Waals surface area contributed by atoms with Gasteiger partial charge in [-0.1, -0.05) is 30.7 Å². The van der Waals surface area contributed by atoms with Gasteiger partial charge in [0.2, 0.25) is 5.91 Å². The molecule has 28 heavy (non-hydrogen) atoms. The number of thiophene rings is 1. The van der Waals surface area contributed by atoms with Crippen LogP contribution in [-0.4, -0.2) is 15.9 Å². The van der Waals surface area contributed by atoms with Gasteiger partial charge in [0, 0.05) is 29.3 Å². The van der Waals surface area contributed by atoms with E-state index in [2.05, 4.69) is 22.2 Å². The van der Waals surface area contributed by atoms with E-state index in [1.165, 1.54) is 10.4 Å². The molecule has 5 nitrogen and oxygen atoms in total. The second kappa shape index (κ2) is 8.05. The Balaban J connectivity index is 1.41. The van der Waals surface area contributed by atoms with E-state index in [4.69, 9.17) is 11.6 Å². The third-order valence-corrected chi connectivity index (χ3v) is 6.61. The predicted molar refractivity (Wildman–Crippen MR) is 113 cm³/mol. The molecule has 1 aliphatic carbocycles. The number of aryl methyl sites for hydroxylation is 2. The summed E-state index contributed by atoms with van der Waals surface area (Å²) in [5.74, 6) is 1.16. The van der Waals surface area contributed by atoms with Crippen LogP contribution in [0.5, 0.6) is 0 Å². The minimum absolute atomic E-state index is 0.0722. The number of carbonyl (C=O) groups excluding carboxylic acids is 1. The zero-order chi connectivity index (χ0) is 19.7. The molecule has 0 unspecified atom stereocenters. The van der Waals surface area contributed by atoms with Crippen LogP contribution < -0.4 is 10.9 Å². The van der Waals surface area contributed by atoms with Crippen molar-refractivity contribution in [3.63, 3.8) is 0 Å². The Bertz CT molecular complexity index is 1070. The van der Waals surface area contributed by atoms with Crippen LogP contribution in [0, 0.1) is 5.92 Å². The summed E-state index contributed by atoms with van der Waals surface area (Å²) in [5.41, 5.74) is 2.09. The Hall–Kier alpha value is -2.18. The Labute approximate surface area is 172 Å². The fraction of sp³-hybridized carbons (Fsp3) is 0.381. The molecule has 0 spiro atoms. The third kappa shape index (κ3) is 4.13. The van der Waals surface area contributed by atoms with E-state index in [9.17, 15) is 9.59 Å². The van der Waals surface area contributed by atoms with E-state index in [-0.39, 0.29) is 17.9 Å². The van der Waals surface area contributed by atoms with Gasteiger partial charge in [-0.2, -0.15) is 0 Å². The molecule has 146 valence electrons. The van der Waals surface area contributed by atoms with Crippen molar-refractivity contribution in [2.75, 3.05) is 0 Å². The molecule has 2 aromatic heterocycles. The van der Waals surface area contributed by atoms with E-state index < -0.39 is 0 Å². The molecule has 0 aliphatic heterocycles. The number of fused-ring (bicyclic) bond motifs is 3. The molecule has 0 fully saturated rings. The van der Waals surface area contributed by atoms with E-state index in [0.29, 0.717) is 29.7 Å². The summed E-state index contributed by atoms with van der Waals surface area (Å²) in [6.07, 6.45) is 3.79. The largest absolute Gasteiger partial charge is 0.352 e. The SMILES string of the molecule is C[C@@H]1CCc2c(sc3nc(CCC(=O)NCc4ccc(Cl)cc4)[nH]c(=O)c23)C1. The van der Waals surface area contributed by atoms with E-state index in [1.807, 2.05) is 12.1 Å². The standard InChI is InChI=1S/C21H22ClN3O2S/c1-12-2-7-15-16(10-12)28-21-19(15)20(27)24-17(25-21)8-9-18(26)23-11-13-3-5-14(22)6-4-13/h3-6,12H,2,7-11H2,1H3,(H,23,26)(H,24,25,27)/t12-/m1/s1. The van der Waals surface area contributed by atoms with Gasteiger partial charge >= 0.3 is 0 Å². The maximum Gasteiger partial charge on any atom is 0.259 e. The van der Waals surface area contributed by atoms with Crippen LogP contribution >= 0.6 is 22.9 Å². The summed E-state index contributed by atoms with van der Waals surface area (Å²) < 4.78 is 0. The van der Waals surface area contributed by atoms with Gasteiger partial charge in [-0.15, -0.1) is 11.3 Å². The lowest BCUT2D eigenvalue weighted by Crippen LogP contribution is -2.23. The molecule has 4 rings (SSSR count). The molecule has 1 aliphatic rings. The van der Waals surface area contributed by atoms with Crippen molar-refractivity contribution in [3.8, 4) is 0 Å². The molecule has 2 N–H and O–H groups in total. The summed E-state index contributed by atoms with van der Waals surface area (Å²) in [6, 6.07) is 7.37. The number of H-pyrrole nitrogens is 1. The lowest BCUT2D eigenvalue weighted by Gasteiger charge is -2.17. The molecular formula is C21H22ClN3O2S. The van der Waals surface area contributed by atoms with Crippen LogP contribution in [0.3, 0.4) is 0 Å². The Kier molecular flexibility index (Phi) is 5.51. The molecule has 1 atom stereocenters. The molecule has 0 bridgehead atoms. The highest BCUT2D eigenvalue weighted by molar-refractivity contribution is 7.18. The van der Waals surface area contributed by atoms with Gasteiger partial charge in [0.05, 0.1) is 5.39 Å². The van der Waals surface area contributed by atoms with Crippen molar-refractivity contribution in [3.05, 3.63) is 61.5 Å². The van der Waals surface area contributed by atoms with Gasteiger partial charge in [0.15, 0.2) is 0 Å². The minimum Gasteiger partial charge on any atom is -0.352 e. The molecule has 7 heteroatoms. The van der Waals surface area contributed by atoms with Crippen LogP contribution in [0.4, 0.5) is 0 Å². The van der Waals surface area contributed by atoms with Gasteiger partial charge < -0.3 is 10.3 Å². The van der Waals surface area contributed by atoms with Gasteiger partial charge in [0.25, 0.3) is 5.56 Å². The van der Waals surface area contributed by atoms with E-state index in [0.717, 1.165) is 35.0 Å². The number of halogens is 1. The first-order valence-corrected chi connectivity index (χ1v) is 10.7. The molecule has 0 saturated carbocycles. The highest BCUT2D eigenvalue weighted by Crippen LogP contribution is 2.35. The van der Waals surface area contributed by atoms with Gasteiger partial charge in [-0.25, -0.2) is 4.98 Å². The van der Waals surface area contributed by atoms with Crippen LogP contribution in [0.15, 0.2) is 29.1 Å². The third-order valence-electron chi connectivity index (χ3n) is 5.21. The number of hydrogen-bond acceptors (Lipinski definition) is 4. The Morgan fingerprint density at radius 2 is 2.14 bits per heavy atom. The number of rotatable bonds is 5. The monoisotopic (exact) mass is 415 g/mol. The number of amides is 1. The van der Waals surface area contributed by atoms with Crippen LogP contribution in [0.1, 0.15) is 41.6 Å². The zero-order valence-corrected chi connectivity index (χ0v) is 17.3. The summed E-state index contributed by atoms with van der Waals surface area (Å²) in [5, 5.41) is 4.31. The number of benzene rings is 1. The summed E-state index contributed by atoms with van der Waals surface area (Å²) in [7, 11) is 0. The number of nitrogens with zero attached hydrogens (tertiary/aromatic N) is 1. The molecule has 0 radical (unpaired) electrons.